The molecule has 1 aliphatic rings. The number of hydrogen-bond acceptors (Lipinski definition) is 6. The van der Waals surface area contributed by atoms with Gasteiger partial charge in [-0.3, -0.25) is 16.0 Å². The van der Waals surface area contributed by atoms with Gasteiger partial charge in [0.25, 0.3) is 0 Å². The Morgan fingerprint density at radius 1 is 1.47 bits per heavy atom. The van der Waals surface area contributed by atoms with E-state index >= 15 is 0 Å². The minimum atomic E-state index is -0.0225. The van der Waals surface area contributed by atoms with Gasteiger partial charge in [0.05, 0.1) is 23.5 Å². The van der Waals surface area contributed by atoms with Crippen molar-refractivity contribution in [1.82, 2.24) is 24.8 Å². The van der Waals surface area contributed by atoms with Gasteiger partial charge in [-0.25, -0.2) is 0 Å². The molecule has 6 nitrogen and oxygen atoms in total. The maximum Gasteiger partial charge on any atom is 0.0942 e. The number of aromatic nitrogens is 4. The molecule has 0 aromatic carbocycles. The molecule has 2 heterocycles. The molecule has 2 aromatic heterocycles. The molecule has 0 amide bonds. The Morgan fingerprint density at radius 2 is 2.32 bits per heavy atom. The normalized spacial score (nSPS) is 17.9. The molecular weight excluding hydrogens is 260 g/mol. The van der Waals surface area contributed by atoms with Crippen LogP contribution in [-0.4, -0.2) is 19.4 Å². The first-order valence-corrected chi connectivity index (χ1v) is 7.47. The van der Waals surface area contributed by atoms with Crippen LogP contribution in [0.1, 0.15) is 49.2 Å². The van der Waals surface area contributed by atoms with Crippen LogP contribution >= 0.6 is 11.5 Å². The van der Waals surface area contributed by atoms with Gasteiger partial charge in [0.2, 0.25) is 0 Å². The van der Waals surface area contributed by atoms with Gasteiger partial charge in [0, 0.05) is 18.0 Å². The van der Waals surface area contributed by atoms with Crippen molar-refractivity contribution >= 4 is 11.5 Å². The van der Waals surface area contributed by atoms with Crippen LogP contribution in [-0.2, 0) is 6.42 Å². The molecule has 3 N–H and O–H groups in total. The molecule has 0 aliphatic heterocycles. The third kappa shape index (κ3) is 2.83. The van der Waals surface area contributed by atoms with Gasteiger partial charge in [-0.05, 0) is 30.4 Å². The minimum absolute atomic E-state index is 0.0225. The highest BCUT2D eigenvalue weighted by Crippen LogP contribution is 2.29. The molecule has 1 atom stereocenters. The molecule has 1 aliphatic carbocycles. The van der Waals surface area contributed by atoms with Crippen LogP contribution in [0.25, 0.3) is 0 Å². The molecule has 0 bridgehead atoms. The highest BCUT2D eigenvalue weighted by atomic mass is 32.1. The monoisotopic (exact) mass is 278 g/mol. The summed E-state index contributed by atoms with van der Waals surface area (Å²) < 4.78 is 5.98. The van der Waals surface area contributed by atoms with Crippen molar-refractivity contribution in [2.45, 2.75) is 44.2 Å². The Hall–Kier alpha value is -1.31. The quantitative estimate of drug-likeness (QED) is 0.641. The molecule has 7 heteroatoms. The maximum absolute atomic E-state index is 5.59. The third-order valence-corrected chi connectivity index (χ3v) is 4.23. The van der Waals surface area contributed by atoms with E-state index in [4.69, 9.17) is 5.84 Å². The molecule has 3 rings (SSSR count). The van der Waals surface area contributed by atoms with E-state index in [9.17, 15) is 0 Å². The van der Waals surface area contributed by atoms with Crippen LogP contribution in [0.4, 0.5) is 0 Å². The first kappa shape index (κ1) is 12.7. The Morgan fingerprint density at radius 3 is 3.00 bits per heavy atom. The van der Waals surface area contributed by atoms with Crippen LogP contribution in [0.5, 0.6) is 0 Å². The summed E-state index contributed by atoms with van der Waals surface area (Å²) in [6, 6.07) is 2.63. The van der Waals surface area contributed by atoms with Gasteiger partial charge in [0.1, 0.15) is 0 Å². The van der Waals surface area contributed by atoms with E-state index in [2.05, 4.69) is 37.1 Å². The van der Waals surface area contributed by atoms with Crippen molar-refractivity contribution in [2.24, 2.45) is 5.84 Å². The molecule has 2 aromatic rings. The van der Waals surface area contributed by atoms with Gasteiger partial charge < -0.3 is 0 Å². The summed E-state index contributed by atoms with van der Waals surface area (Å²) >= 11 is 1.34. The molecular formula is C12H18N6S. The van der Waals surface area contributed by atoms with Crippen LogP contribution in [0.2, 0.25) is 0 Å². The van der Waals surface area contributed by atoms with Crippen LogP contribution in [0.15, 0.2) is 17.6 Å². The third-order valence-electron chi connectivity index (χ3n) is 3.71. The fourth-order valence-electron chi connectivity index (χ4n) is 2.64. The van der Waals surface area contributed by atoms with Crippen LogP contribution in [0.3, 0.4) is 0 Å². The molecule has 1 unspecified atom stereocenters. The van der Waals surface area contributed by atoms with Crippen molar-refractivity contribution < 1.29 is 0 Å². The highest BCUT2D eigenvalue weighted by Gasteiger charge is 2.19. The number of rotatable bonds is 5. The average molecular weight is 278 g/mol. The van der Waals surface area contributed by atoms with Crippen molar-refractivity contribution in [1.29, 1.82) is 0 Å². The zero-order chi connectivity index (χ0) is 13.1. The van der Waals surface area contributed by atoms with Gasteiger partial charge in [0.15, 0.2) is 0 Å². The van der Waals surface area contributed by atoms with E-state index < -0.39 is 0 Å². The lowest BCUT2D eigenvalue weighted by Gasteiger charge is -2.12. The largest absolute Gasteiger partial charge is 0.271 e. The number of nitrogens with two attached hydrogens (primary N) is 1. The van der Waals surface area contributed by atoms with Gasteiger partial charge in [-0.2, -0.15) is 5.10 Å². The predicted molar refractivity (Wildman–Crippen MR) is 73.4 cm³/mol. The average Bonchev–Trinajstić information content (AvgIpc) is 3.15. The summed E-state index contributed by atoms with van der Waals surface area (Å²) in [6.45, 7) is 0. The van der Waals surface area contributed by atoms with Crippen LogP contribution < -0.4 is 11.3 Å². The molecule has 0 saturated heterocycles. The van der Waals surface area contributed by atoms with E-state index in [1.807, 2.05) is 5.38 Å². The number of hydrogen-bond donors (Lipinski definition) is 2. The second kappa shape index (κ2) is 5.77. The predicted octanol–water partition coefficient (Wildman–Crippen LogP) is 1.60. The summed E-state index contributed by atoms with van der Waals surface area (Å²) in [4.78, 5) is 0. The lowest BCUT2D eigenvalue weighted by molar-refractivity contribution is 0.456. The molecule has 19 heavy (non-hydrogen) atoms. The van der Waals surface area contributed by atoms with Crippen molar-refractivity contribution in [3.8, 4) is 0 Å². The summed E-state index contributed by atoms with van der Waals surface area (Å²) in [5.41, 5.74) is 4.71. The van der Waals surface area contributed by atoms with Gasteiger partial charge in [-0.15, -0.1) is 5.10 Å². The molecule has 1 fully saturated rings. The fraction of sp³-hybridized carbons (Fsp3) is 0.583. The Balaban J connectivity index is 1.69. The zero-order valence-corrected chi connectivity index (χ0v) is 11.5. The van der Waals surface area contributed by atoms with E-state index in [1.54, 1.807) is 0 Å². The van der Waals surface area contributed by atoms with E-state index in [1.165, 1.54) is 37.2 Å². The zero-order valence-electron chi connectivity index (χ0n) is 10.7. The topological polar surface area (TPSA) is 81.6 Å². The Labute approximate surface area is 116 Å². The van der Waals surface area contributed by atoms with Crippen LogP contribution in [0, 0.1) is 0 Å². The fourth-order valence-corrected chi connectivity index (χ4v) is 3.15. The van der Waals surface area contributed by atoms with E-state index in [-0.39, 0.29) is 6.04 Å². The van der Waals surface area contributed by atoms with E-state index in [0.29, 0.717) is 6.04 Å². The van der Waals surface area contributed by atoms with Crippen molar-refractivity contribution in [3.05, 3.63) is 29.0 Å². The van der Waals surface area contributed by atoms with Crippen molar-refractivity contribution in [3.63, 3.8) is 0 Å². The Bertz CT molecular complexity index is 502. The number of hydrazine groups is 1. The maximum atomic E-state index is 5.59. The van der Waals surface area contributed by atoms with Gasteiger partial charge >= 0.3 is 0 Å². The Kier molecular flexibility index (Phi) is 3.86. The number of nitrogens with one attached hydrogen (secondary N) is 1. The standard InChI is InChI=1S/C12H18N6S/c13-14-11(12-8-19-17-15-12)7-9-5-6-18(16-9)10-3-1-2-4-10/h5-6,8,10-11,14H,1-4,7,13H2. The van der Waals surface area contributed by atoms with Crippen molar-refractivity contribution in [2.75, 3.05) is 0 Å². The summed E-state index contributed by atoms with van der Waals surface area (Å²) in [7, 11) is 0. The molecule has 0 radical (unpaired) electrons. The summed E-state index contributed by atoms with van der Waals surface area (Å²) in [5.74, 6) is 5.59. The lowest BCUT2D eigenvalue weighted by Crippen LogP contribution is -2.30. The minimum Gasteiger partial charge on any atom is -0.271 e. The first-order chi connectivity index (χ1) is 9.36. The summed E-state index contributed by atoms with van der Waals surface area (Å²) in [5, 5.41) is 10.6. The SMILES string of the molecule is NNC(Cc1ccn(C2CCCC2)n1)c1csnn1. The first-order valence-electron chi connectivity index (χ1n) is 6.64. The second-order valence-corrected chi connectivity index (χ2v) is 5.59. The highest BCUT2D eigenvalue weighted by molar-refractivity contribution is 7.03. The second-order valence-electron chi connectivity index (χ2n) is 4.98. The molecule has 0 spiro atoms. The summed E-state index contributed by atoms with van der Waals surface area (Å²) in [6.07, 6.45) is 7.94. The van der Waals surface area contributed by atoms with Gasteiger partial charge in [-0.1, -0.05) is 17.3 Å². The van der Waals surface area contributed by atoms with E-state index in [0.717, 1.165) is 17.8 Å². The number of nitrogens with zero attached hydrogens (tertiary/aromatic N) is 4. The lowest BCUT2D eigenvalue weighted by atomic mass is 10.1. The molecule has 102 valence electrons. The smallest absolute Gasteiger partial charge is 0.0942 e. The molecule has 1 saturated carbocycles.